The van der Waals surface area contributed by atoms with Gasteiger partial charge in [-0.1, -0.05) is 23.7 Å². The van der Waals surface area contributed by atoms with Gasteiger partial charge in [-0.25, -0.2) is 4.98 Å². The van der Waals surface area contributed by atoms with Crippen molar-refractivity contribution < 1.29 is 0 Å². The second-order valence-corrected chi connectivity index (χ2v) is 7.11. The zero-order valence-electron chi connectivity index (χ0n) is 13.2. The van der Waals surface area contributed by atoms with Crippen LogP contribution in [0.5, 0.6) is 0 Å². The van der Waals surface area contributed by atoms with E-state index in [2.05, 4.69) is 27.0 Å². The summed E-state index contributed by atoms with van der Waals surface area (Å²) in [6.07, 6.45) is 4.03. The van der Waals surface area contributed by atoms with Crippen molar-refractivity contribution in [2.24, 2.45) is 0 Å². The summed E-state index contributed by atoms with van der Waals surface area (Å²) in [7, 11) is 0. The molecular formula is C18H20ClN3O. The van der Waals surface area contributed by atoms with Gasteiger partial charge in [-0.05, 0) is 43.9 Å². The predicted molar refractivity (Wildman–Crippen MR) is 90.8 cm³/mol. The van der Waals surface area contributed by atoms with E-state index < -0.39 is 0 Å². The Morgan fingerprint density at radius 3 is 2.65 bits per heavy atom. The number of nitrogens with zero attached hydrogens (tertiary/aromatic N) is 2. The van der Waals surface area contributed by atoms with Crippen LogP contribution in [0.2, 0.25) is 5.02 Å². The lowest BCUT2D eigenvalue weighted by Gasteiger charge is -2.27. The second-order valence-electron chi connectivity index (χ2n) is 6.67. The van der Waals surface area contributed by atoms with Crippen LogP contribution in [0.25, 0.3) is 0 Å². The maximum absolute atomic E-state index is 12.3. The Labute approximate surface area is 140 Å². The molecule has 0 spiro atoms. The molecule has 1 aromatic heterocycles. The van der Waals surface area contributed by atoms with Crippen LogP contribution < -0.4 is 5.56 Å². The Hall–Kier alpha value is -1.65. The van der Waals surface area contributed by atoms with Gasteiger partial charge in [-0.3, -0.25) is 9.69 Å². The van der Waals surface area contributed by atoms with Gasteiger partial charge in [0, 0.05) is 35.6 Å². The lowest BCUT2D eigenvalue weighted by atomic mass is 9.98. The monoisotopic (exact) mass is 329 g/mol. The van der Waals surface area contributed by atoms with Crippen molar-refractivity contribution in [2.75, 3.05) is 0 Å². The van der Waals surface area contributed by atoms with Crippen LogP contribution >= 0.6 is 11.6 Å². The van der Waals surface area contributed by atoms with E-state index in [-0.39, 0.29) is 5.56 Å². The molecule has 2 bridgehead atoms. The summed E-state index contributed by atoms with van der Waals surface area (Å²) >= 11 is 5.98. The molecule has 0 aliphatic carbocycles. The van der Waals surface area contributed by atoms with E-state index in [4.69, 9.17) is 11.6 Å². The topological polar surface area (TPSA) is 49.0 Å². The molecule has 5 heteroatoms. The van der Waals surface area contributed by atoms with E-state index in [0.717, 1.165) is 47.9 Å². The number of aromatic amines is 1. The van der Waals surface area contributed by atoms with E-state index in [9.17, 15) is 4.79 Å². The van der Waals surface area contributed by atoms with E-state index in [0.29, 0.717) is 12.1 Å². The summed E-state index contributed by atoms with van der Waals surface area (Å²) in [6.45, 7) is 2.77. The standard InChI is InChI=1S/C18H20ClN3O/c1-11-20-17-9-15-7-6-14(8-16(17)18(23)21-11)22(15)10-12-2-4-13(19)5-3-12/h2-5,14-15H,6-10H2,1H3,(H,20,21,23). The SMILES string of the molecule is Cc1nc2c(c(=O)[nH]1)CC1CCC(C2)N1Cc1ccc(Cl)cc1. The summed E-state index contributed by atoms with van der Waals surface area (Å²) in [5.74, 6) is 0.718. The molecule has 3 heterocycles. The normalized spacial score (nSPS) is 23.6. The molecule has 0 radical (unpaired) electrons. The molecule has 2 aliphatic rings. The van der Waals surface area contributed by atoms with Gasteiger partial charge in [0.1, 0.15) is 5.82 Å². The maximum Gasteiger partial charge on any atom is 0.254 e. The van der Waals surface area contributed by atoms with Crippen LogP contribution in [0.1, 0.15) is 35.5 Å². The Balaban J connectivity index is 1.64. The smallest absolute Gasteiger partial charge is 0.254 e. The van der Waals surface area contributed by atoms with Gasteiger partial charge in [0.2, 0.25) is 0 Å². The van der Waals surface area contributed by atoms with Crippen LogP contribution in [0, 0.1) is 6.92 Å². The highest BCUT2D eigenvalue weighted by Gasteiger charge is 2.38. The quantitative estimate of drug-likeness (QED) is 0.921. The Kier molecular flexibility index (Phi) is 3.74. The fourth-order valence-corrected chi connectivity index (χ4v) is 4.14. The second kappa shape index (κ2) is 5.77. The number of H-pyrrole nitrogens is 1. The average molecular weight is 330 g/mol. The van der Waals surface area contributed by atoms with E-state index in [1.807, 2.05) is 19.1 Å². The van der Waals surface area contributed by atoms with Crippen molar-refractivity contribution in [3.63, 3.8) is 0 Å². The van der Waals surface area contributed by atoms with Crippen LogP contribution in [0.15, 0.2) is 29.1 Å². The van der Waals surface area contributed by atoms with E-state index in [1.54, 1.807) is 0 Å². The molecule has 0 amide bonds. The number of benzene rings is 1. The summed E-state index contributed by atoms with van der Waals surface area (Å²) in [5.41, 5.74) is 3.21. The number of aryl methyl sites for hydroxylation is 1. The van der Waals surface area contributed by atoms with Gasteiger partial charge < -0.3 is 4.98 Å². The molecule has 120 valence electrons. The molecule has 1 aromatic carbocycles. The minimum atomic E-state index is 0.0477. The zero-order valence-corrected chi connectivity index (χ0v) is 13.9. The number of aromatic nitrogens is 2. The summed E-state index contributed by atoms with van der Waals surface area (Å²) < 4.78 is 0. The van der Waals surface area contributed by atoms with Crippen LogP contribution in [-0.4, -0.2) is 27.0 Å². The van der Waals surface area contributed by atoms with Gasteiger partial charge >= 0.3 is 0 Å². The fraction of sp³-hybridized carbons (Fsp3) is 0.444. The Bertz CT molecular complexity index is 784. The van der Waals surface area contributed by atoms with E-state index in [1.165, 1.54) is 12.0 Å². The highest BCUT2D eigenvalue weighted by molar-refractivity contribution is 6.30. The van der Waals surface area contributed by atoms with Crippen molar-refractivity contribution in [1.29, 1.82) is 0 Å². The molecule has 2 atom stereocenters. The van der Waals surface area contributed by atoms with Gasteiger partial charge in [-0.2, -0.15) is 0 Å². The lowest BCUT2D eigenvalue weighted by Crippen LogP contribution is -2.36. The highest BCUT2D eigenvalue weighted by Crippen LogP contribution is 2.33. The third-order valence-electron chi connectivity index (χ3n) is 5.14. The molecule has 1 N–H and O–H groups in total. The Morgan fingerprint density at radius 2 is 1.91 bits per heavy atom. The number of halogens is 1. The first-order chi connectivity index (χ1) is 11.1. The zero-order chi connectivity index (χ0) is 16.0. The number of fused-ring (bicyclic) bond motifs is 3. The van der Waals surface area contributed by atoms with Gasteiger partial charge in [0.15, 0.2) is 0 Å². The molecule has 2 unspecified atom stereocenters. The first kappa shape index (κ1) is 14.9. The Morgan fingerprint density at radius 1 is 1.22 bits per heavy atom. The molecular weight excluding hydrogens is 310 g/mol. The van der Waals surface area contributed by atoms with E-state index >= 15 is 0 Å². The van der Waals surface area contributed by atoms with Crippen molar-refractivity contribution in [3.8, 4) is 0 Å². The maximum atomic E-state index is 12.3. The average Bonchev–Trinajstić information content (AvgIpc) is 2.78. The minimum absolute atomic E-state index is 0.0477. The molecule has 4 rings (SSSR count). The summed E-state index contributed by atoms with van der Waals surface area (Å²) in [6, 6.07) is 8.99. The number of rotatable bonds is 2. The van der Waals surface area contributed by atoms with Gasteiger partial charge in [-0.15, -0.1) is 0 Å². The third kappa shape index (κ3) is 2.81. The molecule has 4 nitrogen and oxygen atoms in total. The van der Waals surface area contributed by atoms with Crippen molar-refractivity contribution in [2.45, 2.75) is 51.2 Å². The molecule has 1 saturated heterocycles. The van der Waals surface area contributed by atoms with Crippen molar-refractivity contribution >= 4 is 11.6 Å². The van der Waals surface area contributed by atoms with Gasteiger partial charge in [0.05, 0.1) is 5.69 Å². The van der Waals surface area contributed by atoms with Crippen LogP contribution in [0.4, 0.5) is 0 Å². The molecule has 2 aromatic rings. The minimum Gasteiger partial charge on any atom is -0.311 e. The third-order valence-corrected chi connectivity index (χ3v) is 5.39. The van der Waals surface area contributed by atoms with Gasteiger partial charge in [0.25, 0.3) is 5.56 Å². The first-order valence-corrected chi connectivity index (χ1v) is 8.57. The molecule has 1 fully saturated rings. The molecule has 2 aliphatic heterocycles. The summed E-state index contributed by atoms with van der Waals surface area (Å²) in [5, 5.41) is 0.770. The first-order valence-electron chi connectivity index (χ1n) is 8.19. The van der Waals surface area contributed by atoms with Crippen LogP contribution in [0.3, 0.4) is 0 Å². The van der Waals surface area contributed by atoms with Crippen LogP contribution in [-0.2, 0) is 19.4 Å². The van der Waals surface area contributed by atoms with Crippen molar-refractivity contribution in [1.82, 2.24) is 14.9 Å². The molecule has 0 saturated carbocycles. The summed E-state index contributed by atoms with van der Waals surface area (Å²) in [4.78, 5) is 22.3. The molecule has 23 heavy (non-hydrogen) atoms. The fourth-order valence-electron chi connectivity index (χ4n) is 4.02. The lowest BCUT2D eigenvalue weighted by molar-refractivity contribution is 0.187. The largest absolute Gasteiger partial charge is 0.311 e. The number of hydrogen-bond donors (Lipinski definition) is 1. The van der Waals surface area contributed by atoms with Crippen molar-refractivity contribution in [3.05, 3.63) is 62.3 Å². The highest BCUT2D eigenvalue weighted by atomic mass is 35.5. The number of nitrogens with one attached hydrogen (secondary N) is 1. The predicted octanol–water partition coefficient (Wildman–Crippen LogP) is 2.86. The number of hydrogen-bond acceptors (Lipinski definition) is 3.